The summed E-state index contributed by atoms with van der Waals surface area (Å²) in [5, 5.41) is 4.20. The van der Waals surface area contributed by atoms with Crippen LogP contribution < -0.4 is 0 Å². The van der Waals surface area contributed by atoms with Crippen LogP contribution in [-0.2, 0) is 4.79 Å². The molecule has 0 aliphatic carbocycles. The van der Waals surface area contributed by atoms with Crippen molar-refractivity contribution in [2.45, 2.75) is 13.8 Å². The fraction of sp³-hybridized carbons (Fsp3) is 0.154. The highest BCUT2D eigenvalue weighted by molar-refractivity contribution is 7.15. The first-order chi connectivity index (χ1) is 7.66. The first-order valence-electron chi connectivity index (χ1n) is 4.98. The maximum Gasteiger partial charge on any atom is 0.155 e. The third kappa shape index (κ3) is 2.49. The zero-order valence-electron chi connectivity index (χ0n) is 9.19. The van der Waals surface area contributed by atoms with Crippen molar-refractivity contribution in [3.63, 3.8) is 0 Å². The van der Waals surface area contributed by atoms with E-state index in [1.54, 1.807) is 29.6 Å². The van der Waals surface area contributed by atoms with E-state index in [4.69, 9.17) is 0 Å². The fourth-order valence-electron chi connectivity index (χ4n) is 1.32. The molecule has 0 aromatic carbocycles. The number of rotatable bonds is 3. The largest absolute Gasteiger partial charge is 0.295 e. The minimum absolute atomic E-state index is 0.131. The summed E-state index contributed by atoms with van der Waals surface area (Å²) in [6.07, 6.45) is 1.95. The quantitative estimate of drug-likeness (QED) is 0.732. The van der Waals surface area contributed by atoms with E-state index in [1.807, 2.05) is 19.1 Å². The lowest BCUT2D eigenvalue weighted by Gasteiger charge is -1.91. The highest BCUT2D eigenvalue weighted by Crippen LogP contribution is 2.30. The van der Waals surface area contributed by atoms with Crippen molar-refractivity contribution < 1.29 is 4.79 Å². The van der Waals surface area contributed by atoms with E-state index in [1.165, 1.54) is 10.4 Å². The van der Waals surface area contributed by atoms with Gasteiger partial charge in [-0.15, -0.1) is 22.7 Å². The number of carbonyl (C=O) groups is 1. The van der Waals surface area contributed by atoms with Crippen LogP contribution in [0.2, 0.25) is 0 Å². The van der Waals surface area contributed by atoms with Gasteiger partial charge in [0.1, 0.15) is 0 Å². The van der Waals surface area contributed by atoms with E-state index >= 15 is 0 Å². The molecule has 0 unspecified atom stereocenters. The molecule has 2 heterocycles. The van der Waals surface area contributed by atoms with E-state index < -0.39 is 0 Å². The summed E-state index contributed by atoms with van der Waals surface area (Å²) >= 11 is 3.41. The first-order valence-corrected chi connectivity index (χ1v) is 6.74. The van der Waals surface area contributed by atoms with Gasteiger partial charge in [-0.2, -0.15) is 0 Å². The number of carbonyl (C=O) groups excluding carboxylic acids is 1. The highest BCUT2D eigenvalue weighted by Gasteiger charge is 2.03. The summed E-state index contributed by atoms with van der Waals surface area (Å²) in [4.78, 5) is 13.5. The van der Waals surface area contributed by atoms with Crippen LogP contribution in [-0.4, -0.2) is 5.78 Å². The number of hydrogen-bond acceptors (Lipinski definition) is 3. The van der Waals surface area contributed by atoms with Crippen LogP contribution >= 0.6 is 22.7 Å². The van der Waals surface area contributed by atoms with E-state index in [0.717, 1.165) is 10.5 Å². The van der Waals surface area contributed by atoms with Crippen molar-refractivity contribution >= 4 is 34.5 Å². The molecule has 2 aromatic rings. The number of allylic oxidation sites excluding steroid dienone is 1. The van der Waals surface area contributed by atoms with Crippen molar-refractivity contribution in [3.05, 3.63) is 39.4 Å². The minimum atomic E-state index is 0.131. The van der Waals surface area contributed by atoms with Gasteiger partial charge < -0.3 is 0 Å². The Bertz CT molecular complexity index is 518. The molecular formula is C13H12OS2. The predicted molar refractivity (Wildman–Crippen MR) is 72.0 cm³/mol. The Kier molecular flexibility index (Phi) is 3.36. The lowest BCUT2D eigenvalue weighted by atomic mass is 10.2. The van der Waals surface area contributed by atoms with Crippen molar-refractivity contribution in [1.29, 1.82) is 0 Å². The van der Waals surface area contributed by atoms with Crippen LogP contribution in [0, 0.1) is 0 Å². The van der Waals surface area contributed by atoms with Gasteiger partial charge in [0.25, 0.3) is 0 Å². The summed E-state index contributed by atoms with van der Waals surface area (Å²) in [5.41, 5.74) is 2.04. The molecule has 0 aliphatic rings. The van der Waals surface area contributed by atoms with Gasteiger partial charge >= 0.3 is 0 Å². The molecule has 2 rings (SSSR count). The zero-order valence-corrected chi connectivity index (χ0v) is 10.8. The number of hydrogen-bond donors (Lipinski definition) is 0. The van der Waals surface area contributed by atoms with E-state index in [-0.39, 0.29) is 5.78 Å². The molecule has 0 fully saturated rings. The summed E-state index contributed by atoms with van der Waals surface area (Å²) in [5.74, 6) is 0.131. The third-order valence-electron chi connectivity index (χ3n) is 2.34. The number of ketones is 1. The second-order valence-corrected chi connectivity index (χ2v) is 5.49. The molecule has 0 saturated heterocycles. The summed E-state index contributed by atoms with van der Waals surface area (Å²) in [6, 6.07) is 6.29. The molecule has 0 spiro atoms. The third-order valence-corrected chi connectivity index (χ3v) is 4.14. The topological polar surface area (TPSA) is 17.1 Å². The Morgan fingerprint density at radius 1 is 1.31 bits per heavy atom. The molecular weight excluding hydrogens is 236 g/mol. The minimum Gasteiger partial charge on any atom is -0.295 e. The number of Topliss-reactive ketones (excluding diaryl/α,β-unsaturated/α-hetero) is 1. The smallest absolute Gasteiger partial charge is 0.155 e. The Hall–Kier alpha value is -1.19. The number of thiophene rings is 2. The lowest BCUT2D eigenvalue weighted by molar-refractivity contribution is -0.113. The molecule has 0 saturated carbocycles. The van der Waals surface area contributed by atoms with Gasteiger partial charge in [-0.25, -0.2) is 0 Å². The van der Waals surface area contributed by atoms with Crippen molar-refractivity contribution in [3.8, 4) is 10.4 Å². The molecule has 0 radical (unpaired) electrons. The summed E-state index contributed by atoms with van der Waals surface area (Å²) in [7, 11) is 0. The molecule has 16 heavy (non-hydrogen) atoms. The van der Waals surface area contributed by atoms with Gasteiger partial charge in [-0.3, -0.25) is 4.79 Å². The second kappa shape index (κ2) is 4.76. The first kappa shape index (κ1) is 11.3. The van der Waals surface area contributed by atoms with Gasteiger partial charge in [-0.05, 0) is 48.4 Å². The summed E-state index contributed by atoms with van der Waals surface area (Å²) < 4.78 is 0. The Labute approximate surface area is 103 Å². The monoisotopic (exact) mass is 248 g/mol. The van der Waals surface area contributed by atoms with Gasteiger partial charge in [0, 0.05) is 15.3 Å². The van der Waals surface area contributed by atoms with Crippen LogP contribution in [0.15, 0.2) is 34.5 Å². The van der Waals surface area contributed by atoms with Crippen LogP contribution in [0.5, 0.6) is 0 Å². The SMILES string of the molecule is CC(=O)/C(C)=C/c1cc(-c2cccs2)cs1. The fourth-order valence-corrected chi connectivity index (χ4v) is 3.00. The van der Waals surface area contributed by atoms with Gasteiger partial charge in [0.2, 0.25) is 0 Å². The highest BCUT2D eigenvalue weighted by atomic mass is 32.1. The summed E-state index contributed by atoms with van der Waals surface area (Å²) in [6.45, 7) is 3.45. The van der Waals surface area contributed by atoms with Gasteiger partial charge in [0.15, 0.2) is 5.78 Å². The van der Waals surface area contributed by atoms with E-state index in [0.29, 0.717) is 0 Å². The lowest BCUT2D eigenvalue weighted by Crippen LogP contribution is -1.89. The maximum atomic E-state index is 11.1. The molecule has 82 valence electrons. The van der Waals surface area contributed by atoms with Crippen molar-refractivity contribution in [2.24, 2.45) is 0 Å². The van der Waals surface area contributed by atoms with Crippen LogP contribution in [0.1, 0.15) is 18.7 Å². The van der Waals surface area contributed by atoms with Gasteiger partial charge in [0.05, 0.1) is 0 Å². The Morgan fingerprint density at radius 3 is 2.75 bits per heavy atom. The van der Waals surface area contributed by atoms with Crippen LogP contribution in [0.3, 0.4) is 0 Å². The molecule has 0 atom stereocenters. The second-order valence-electron chi connectivity index (χ2n) is 3.60. The van der Waals surface area contributed by atoms with Crippen molar-refractivity contribution in [1.82, 2.24) is 0 Å². The molecule has 0 aliphatic heterocycles. The normalized spacial score (nSPS) is 11.8. The molecule has 0 amide bonds. The molecule has 1 nitrogen and oxygen atoms in total. The average Bonchev–Trinajstić information content (AvgIpc) is 2.85. The maximum absolute atomic E-state index is 11.1. The van der Waals surface area contributed by atoms with Crippen LogP contribution in [0.4, 0.5) is 0 Å². The van der Waals surface area contributed by atoms with E-state index in [2.05, 4.69) is 22.9 Å². The Morgan fingerprint density at radius 2 is 2.12 bits per heavy atom. The van der Waals surface area contributed by atoms with Crippen molar-refractivity contribution in [2.75, 3.05) is 0 Å². The molecule has 0 bridgehead atoms. The standard InChI is InChI=1S/C13H12OS2/c1-9(10(2)14)6-12-7-11(8-16-12)13-4-3-5-15-13/h3-8H,1-2H3/b9-6+. The molecule has 0 N–H and O–H groups in total. The van der Waals surface area contributed by atoms with Gasteiger partial charge in [-0.1, -0.05) is 6.07 Å². The molecule has 3 heteroatoms. The average molecular weight is 248 g/mol. The zero-order chi connectivity index (χ0) is 11.5. The van der Waals surface area contributed by atoms with Crippen LogP contribution in [0.25, 0.3) is 16.5 Å². The van der Waals surface area contributed by atoms with E-state index in [9.17, 15) is 4.79 Å². The predicted octanol–water partition coefficient (Wildman–Crippen LogP) is 4.47. The Balaban J connectivity index is 2.27. The molecule has 2 aromatic heterocycles.